The molecule has 4 aromatic rings. The monoisotopic (exact) mass is 752 g/mol. The van der Waals surface area contributed by atoms with Gasteiger partial charge in [0.1, 0.15) is 0 Å². The van der Waals surface area contributed by atoms with Crippen molar-refractivity contribution >= 4 is 0 Å². The van der Waals surface area contributed by atoms with Gasteiger partial charge in [-0.25, -0.2) is 0 Å². The Labute approximate surface area is 286 Å². The summed E-state index contributed by atoms with van der Waals surface area (Å²) in [5.74, 6) is 0. The first kappa shape index (κ1) is 40.3. The van der Waals surface area contributed by atoms with Crippen LogP contribution in [0, 0.1) is 75.6 Å². The van der Waals surface area contributed by atoms with E-state index in [1.165, 1.54) is 0 Å². The van der Waals surface area contributed by atoms with Gasteiger partial charge in [0.15, 0.2) is 0 Å². The summed E-state index contributed by atoms with van der Waals surface area (Å²) in [6.07, 6.45) is 0. The maximum Gasteiger partial charge on any atom is 2.00 e. The van der Waals surface area contributed by atoms with Crippen LogP contribution in [0.2, 0.25) is 0 Å². The zero-order valence-electron chi connectivity index (χ0n) is 26.8. The Balaban J connectivity index is 0.000000396. The first-order valence-corrected chi connectivity index (χ1v) is 16.7. The molecule has 0 saturated heterocycles. The first-order chi connectivity index (χ1) is 20.4. The molecule has 0 aromatic carbocycles. The molecule has 0 unspecified atom stereocenters. The molecule has 12 nitrogen and oxygen atoms in total. The van der Waals surface area contributed by atoms with Crippen LogP contribution in [0.1, 0.15) is 45.6 Å². The Bertz CT molecular complexity index is 1190. The van der Waals surface area contributed by atoms with E-state index in [2.05, 4.69) is 74.7 Å². The van der Waals surface area contributed by atoms with Crippen LogP contribution in [-0.4, -0.2) is 85.4 Å². The summed E-state index contributed by atoms with van der Waals surface area (Å²) in [5, 5.41) is 36.3. The summed E-state index contributed by atoms with van der Waals surface area (Å²) >= 11 is 0.979. The molecule has 16 heteroatoms. The molecule has 0 aliphatic rings. The van der Waals surface area contributed by atoms with Crippen molar-refractivity contribution in [3.8, 4) is 0 Å². The topological polar surface area (TPSA) is 118 Å². The van der Waals surface area contributed by atoms with Gasteiger partial charge in [0, 0.05) is 35.9 Å². The fraction of sp³-hybridized carbons (Fsp3) is 0.571. The van der Waals surface area contributed by atoms with Gasteiger partial charge in [-0.15, -0.1) is 0 Å². The Morgan fingerprint density at radius 2 is 0.750 bits per heavy atom. The minimum atomic E-state index is 0. The summed E-state index contributed by atoms with van der Waals surface area (Å²) in [6.45, 7) is 20.2. The number of hydrogen-bond acceptors (Lipinski definition) is 8. The predicted molar refractivity (Wildman–Crippen MR) is 157 cm³/mol. The quantitative estimate of drug-likeness (QED) is 0.211. The van der Waals surface area contributed by atoms with Crippen LogP contribution in [0.3, 0.4) is 0 Å². The molecular formula is C28H48Cl2Cu2N10O2+4. The van der Waals surface area contributed by atoms with Gasteiger partial charge in [-0.1, -0.05) is 0 Å². The van der Waals surface area contributed by atoms with Crippen molar-refractivity contribution in [2.75, 3.05) is 26.3 Å². The summed E-state index contributed by atoms with van der Waals surface area (Å²) in [4.78, 5) is 4.25. The fourth-order valence-corrected chi connectivity index (χ4v) is 4.69. The van der Waals surface area contributed by atoms with E-state index < -0.39 is 0 Å². The molecule has 0 bridgehead atoms. The molecule has 4 rings (SSSR count). The van der Waals surface area contributed by atoms with Gasteiger partial charge in [0.25, 0.3) is 0 Å². The molecule has 0 aliphatic heterocycles. The van der Waals surface area contributed by atoms with Crippen LogP contribution in [0.15, 0.2) is 24.3 Å². The first-order valence-electron chi connectivity index (χ1n) is 13.9. The van der Waals surface area contributed by atoms with E-state index in [0.29, 0.717) is 39.8 Å². The number of nitrogens with zero attached hydrogens (tertiary/aromatic N) is 10. The van der Waals surface area contributed by atoms with Gasteiger partial charge in [-0.3, -0.25) is 28.5 Å². The molecule has 0 atom stereocenters. The molecule has 0 fully saturated rings. The van der Waals surface area contributed by atoms with Crippen molar-refractivity contribution in [1.29, 1.82) is 0 Å². The van der Waals surface area contributed by atoms with Gasteiger partial charge in [0.05, 0.1) is 62.7 Å². The molecule has 0 saturated carbocycles. The average molecular weight is 755 g/mol. The van der Waals surface area contributed by atoms with E-state index in [-0.39, 0.29) is 30.3 Å². The number of hydrogen-bond donors (Lipinski definition) is 2. The van der Waals surface area contributed by atoms with Crippen LogP contribution in [-0.2, 0) is 56.9 Å². The minimum Gasteiger partial charge on any atom is 2.00 e. The third kappa shape index (κ3) is 13.3. The second-order valence-corrected chi connectivity index (χ2v) is 12.4. The summed E-state index contributed by atoms with van der Waals surface area (Å²) in [7, 11) is 8.23. The number of aliphatic hydroxyl groups excluding tert-OH is 2. The average Bonchev–Trinajstić information content (AvgIpc) is 3.61. The number of aromatic nitrogens is 8. The van der Waals surface area contributed by atoms with E-state index in [1.54, 1.807) is 0 Å². The smallest absolute Gasteiger partial charge is 2.00 e. The molecule has 1 radical (unpaired) electrons. The molecule has 2 N–H and O–H groups in total. The zero-order chi connectivity index (χ0) is 32.1. The second-order valence-electron chi connectivity index (χ2n) is 10.6. The minimum absolute atomic E-state index is 0. The SMILES string of the molecule is Cc1cc(C)n(CN(CCO)Cn2nc(C)cc2C)n1.Cc1cc(C)n(CN(CCO)Cn2nc(C)cc2C)n1.[ClH+][Cu][ClH+].[Cu+2]. The number of aliphatic hydroxyl groups is 2. The molecule has 254 valence electrons. The number of rotatable bonds is 12. The molecule has 4 heterocycles. The molecular weight excluding hydrogens is 706 g/mol. The largest absolute Gasteiger partial charge is 2.00 e. The molecule has 0 amide bonds. The van der Waals surface area contributed by atoms with Crippen LogP contribution < -0.4 is 0 Å². The van der Waals surface area contributed by atoms with E-state index in [1.807, 2.05) is 74.1 Å². The fourth-order valence-electron chi connectivity index (χ4n) is 4.69. The summed E-state index contributed by atoms with van der Waals surface area (Å²) in [5.41, 5.74) is 8.54. The second kappa shape index (κ2) is 20.4. The van der Waals surface area contributed by atoms with Crippen molar-refractivity contribution < 1.29 is 60.6 Å². The number of aryl methyl sites for hydroxylation is 8. The Morgan fingerprint density at radius 3 is 0.886 bits per heavy atom. The molecule has 44 heavy (non-hydrogen) atoms. The van der Waals surface area contributed by atoms with Crippen molar-refractivity contribution in [3.63, 3.8) is 0 Å². The van der Waals surface area contributed by atoms with E-state index in [9.17, 15) is 10.2 Å². The molecule has 0 spiro atoms. The predicted octanol–water partition coefficient (Wildman–Crippen LogP) is 1.91. The Morgan fingerprint density at radius 1 is 0.545 bits per heavy atom. The van der Waals surface area contributed by atoms with Gasteiger partial charge < -0.3 is 10.2 Å². The van der Waals surface area contributed by atoms with Crippen molar-refractivity contribution in [3.05, 3.63) is 69.8 Å². The zero-order valence-corrected chi connectivity index (χ0v) is 30.3. The third-order valence-electron chi connectivity index (χ3n) is 6.58. The van der Waals surface area contributed by atoms with E-state index in [0.717, 1.165) is 58.7 Å². The van der Waals surface area contributed by atoms with Crippen LogP contribution in [0.4, 0.5) is 0 Å². The van der Waals surface area contributed by atoms with Gasteiger partial charge in [0.2, 0.25) is 0 Å². The Hall–Kier alpha value is -1.70. The third-order valence-corrected chi connectivity index (χ3v) is 6.58. The standard InChI is InChI=1S/2C14H23N5O.2ClH.2Cu/c2*1-11-7-13(3)18(15-11)9-17(5-6-20)10-19-14(4)8-12(2)16-19;;;;/h2*7-8,20H,5-6,9-10H2,1-4H3;2*1H;;/q;;;;2*+2. The van der Waals surface area contributed by atoms with Gasteiger partial charge >= 0.3 is 50.4 Å². The van der Waals surface area contributed by atoms with Crippen LogP contribution >= 0.6 is 0 Å². The van der Waals surface area contributed by atoms with Crippen molar-refractivity contribution in [2.24, 2.45) is 0 Å². The summed E-state index contributed by atoms with van der Waals surface area (Å²) in [6, 6.07) is 8.22. The molecule has 0 aliphatic carbocycles. The maximum absolute atomic E-state index is 9.24. The van der Waals surface area contributed by atoms with E-state index >= 15 is 0 Å². The van der Waals surface area contributed by atoms with Gasteiger partial charge in [-0.05, 0) is 79.7 Å². The normalized spacial score (nSPS) is 11.0. The maximum atomic E-state index is 9.24. The van der Waals surface area contributed by atoms with Crippen LogP contribution in [0.5, 0.6) is 0 Å². The van der Waals surface area contributed by atoms with Crippen molar-refractivity contribution in [1.82, 2.24) is 48.9 Å². The number of halogens is 2. The van der Waals surface area contributed by atoms with Crippen LogP contribution in [0.25, 0.3) is 0 Å². The van der Waals surface area contributed by atoms with Crippen molar-refractivity contribution in [2.45, 2.75) is 82.1 Å². The van der Waals surface area contributed by atoms with E-state index in [4.69, 9.17) is 0 Å². The Kier molecular flexibility index (Phi) is 18.7. The summed E-state index contributed by atoms with van der Waals surface area (Å²) < 4.78 is 7.82. The van der Waals surface area contributed by atoms with Gasteiger partial charge in [-0.2, -0.15) is 20.4 Å². The molecule has 4 aromatic heterocycles.